The number of rotatable bonds is 2. The number of hydrogen-bond acceptors (Lipinski definition) is 2. The number of aromatic amines is 1. The van der Waals surface area contributed by atoms with Crippen molar-refractivity contribution in [1.82, 2.24) is 15.1 Å². The summed E-state index contributed by atoms with van der Waals surface area (Å²) in [6, 6.07) is 0.451. The lowest BCUT2D eigenvalue weighted by atomic mass is 10.4. The van der Waals surface area contributed by atoms with E-state index >= 15 is 0 Å². The predicted octanol–water partition coefficient (Wildman–Crippen LogP) is 1.25. The number of halogens is 1. The quantitative estimate of drug-likeness (QED) is 0.834. The zero-order chi connectivity index (χ0) is 9.42. The van der Waals surface area contributed by atoms with Crippen molar-refractivity contribution in [2.75, 3.05) is 7.05 Å². The number of aromatic nitrogens is 2. The standard InChI is InChI=1S/C8H10IN3O/c1-12(5-2-3-5)8(13)7-6(9)4-10-11-7/h4-5H,2-3H2,1H3,(H,10,11). The van der Waals surface area contributed by atoms with Crippen molar-refractivity contribution in [3.05, 3.63) is 15.5 Å². The van der Waals surface area contributed by atoms with Crippen LogP contribution in [0, 0.1) is 3.57 Å². The summed E-state index contributed by atoms with van der Waals surface area (Å²) in [6.07, 6.45) is 3.93. The van der Waals surface area contributed by atoms with Crippen LogP contribution in [0.25, 0.3) is 0 Å². The van der Waals surface area contributed by atoms with Gasteiger partial charge in [-0.25, -0.2) is 0 Å². The average Bonchev–Trinajstić information content (AvgIpc) is 2.87. The van der Waals surface area contributed by atoms with Gasteiger partial charge in [-0.15, -0.1) is 0 Å². The molecule has 0 bridgehead atoms. The third-order valence-electron chi connectivity index (χ3n) is 2.22. The molecule has 0 unspecified atom stereocenters. The first-order valence-electron chi connectivity index (χ1n) is 4.16. The normalized spacial score (nSPS) is 15.8. The third-order valence-corrected chi connectivity index (χ3v) is 3.04. The summed E-state index contributed by atoms with van der Waals surface area (Å²) in [7, 11) is 1.84. The molecular weight excluding hydrogens is 281 g/mol. The number of nitrogens with one attached hydrogen (secondary N) is 1. The Kier molecular flexibility index (Phi) is 2.27. The molecule has 1 fully saturated rings. The van der Waals surface area contributed by atoms with Gasteiger partial charge in [0.2, 0.25) is 0 Å². The molecular formula is C8H10IN3O. The van der Waals surface area contributed by atoms with Gasteiger partial charge in [-0.1, -0.05) is 0 Å². The molecule has 1 aliphatic rings. The molecule has 0 aromatic carbocycles. The minimum absolute atomic E-state index is 0.0457. The molecule has 0 aliphatic heterocycles. The molecule has 1 amide bonds. The van der Waals surface area contributed by atoms with Crippen molar-refractivity contribution in [2.45, 2.75) is 18.9 Å². The maximum absolute atomic E-state index is 11.8. The Balaban J connectivity index is 2.16. The highest BCUT2D eigenvalue weighted by Crippen LogP contribution is 2.26. The summed E-state index contributed by atoms with van der Waals surface area (Å²) in [4.78, 5) is 13.5. The lowest BCUT2D eigenvalue weighted by Crippen LogP contribution is -2.29. The number of nitrogens with zero attached hydrogens (tertiary/aromatic N) is 2. The molecule has 13 heavy (non-hydrogen) atoms. The van der Waals surface area contributed by atoms with Gasteiger partial charge >= 0.3 is 0 Å². The molecule has 4 nitrogen and oxygen atoms in total. The van der Waals surface area contributed by atoms with Crippen molar-refractivity contribution in [3.63, 3.8) is 0 Å². The van der Waals surface area contributed by atoms with E-state index in [9.17, 15) is 4.79 Å². The van der Waals surface area contributed by atoms with Gasteiger partial charge in [-0.05, 0) is 35.4 Å². The fraction of sp³-hybridized carbons (Fsp3) is 0.500. The summed E-state index contributed by atoms with van der Waals surface area (Å²) in [5.41, 5.74) is 0.606. The molecule has 1 N–H and O–H groups in total. The average molecular weight is 291 g/mol. The monoisotopic (exact) mass is 291 g/mol. The highest BCUT2D eigenvalue weighted by atomic mass is 127. The second-order valence-corrected chi connectivity index (χ2v) is 4.40. The van der Waals surface area contributed by atoms with Gasteiger partial charge in [-0.2, -0.15) is 5.10 Å². The second kappa shape index (κ2) is 3.28. The number of hydrogen-bond donors (Lipinski definition) is 1. The molecule has 0 atom stereocenters. The topological polar surface area (TPSA) is 49.0 Å². The van der Waals surface area contributed by atoms with E-state index in [2.05, 4.69) is 32.8 Å². The van der Waals surface area contributed by atoms with Gasteiger partial charge in [0.1, 0.15) is 5.69 Å². The molecule has 5 heteroatoms. The Morgan fingerprint density at radius 3 is 2.92 bits per heavy atom. The fourth-order valence-electron chi connectivity index (χ4n) is 1.23. The minimum Gasteiger partial charge on any atom is -0.337 e. The van der Waals surface area contributed by atoms with Crippen molar-refractivity contribution in [3.8, 4) is 0 Å². The van der Waals surface area contributed by atoms with Gasteiger partial charge in [0.15, 0.2) is 0 Å². The highest BCUT2D eigenvalue weighted by Gasteiger charge is 2.31. The zero-order valence-electron chi connectivity index (χ0n) is 7.25. The van der Waals surface area contributed by atoms with Crippen LogP contribution < -0.4 is 0 Å². The number of carbonyl (C=O) groups excluding carboxylic acids is 1. The van der Waals surface area contributed by atoms with Gasteiger partial charge in [0.05, 0.1) is 9.77 Å². The van der Waals surface area contributed by atoms with E-state index < -0.39 is 0 Å². The molecule has 0 spiro atoms. The number of carbonyl (C=O) groups is 1. The summed E-state index contributed by atoms with van der Waals surface area (Å²) in [5.74, 6) is 0.0457. The first kappa shape index (κ1) is 8.98. The summed E-state index contributed by atoms with van der Waals surface area (Å²) < 4.78 is 0.884. The fourth-order valence-corrected chi connectivity index (χ4v) is 1.72. The molecule has 2 rings (SSSR count). The van der Waals surface area contributed by atoms with Crippen LogP contribution >= 0.6 is 22.6 Å². The largest absolute Gasteiger partial charge is 0.337 e. The van der Waals surface area contributed by atoms with Crippen LogP contribution in [0.1, 0.15) is 23.3 Å². The van der Waals surface area contributed by atoms with Crippen molar-refractivity contribution in [1.29, 1.82) is 0 Å². The van der Waals surface area contributed by atoms with Crippen LogP contribution in [-0.4, -0.2) is 34.1 Å². The lowest BCUT2D eigenvalue weighted by molar-refractivity contribution is 0.0778. The van der Waals surface area contributed by atoms with E-state index in [4.69, 9.17) is 0 Å². The molecule has 1 aromatic heterocycles. The van der Waals surface area contributed by atoms with E-state index in [-0.39, 0.29) is 5.91 Å². The Hall–Kier alpha value is -0.590. The first-order chi connectivity index (χ1) is 6.20. The molecule has 1 heterocycles. The maximum Gasteiger partial charge on any atom is 0.272 e. The number of H-pyrrole nitrogens is 1. The summed E-state index contributed by atoms with van der Waals surface area (Å²) >= 11 is 2.11. The maximum atomic E-state index is 11.8. The number of amides is 1. The van der Waals surface area contributed by atoms with Gasteiger partial charge in [-0.3, -0.25) is 9.89 Å². The summed E-state index contributed by atoms with van der Waals surface area (Å²) in [6.45, 7) is 0. The Bertz CT molecular complexity index is 332. The van der Waals surface area contributed by atoms with Crippen LogP contribution in [0.5, 0.6) is 0 Å². The van der Waals surface area contributed by atoms with E-state index in [0.29, 0.717) is 11.7 Å². The van der Waals surface area contributed by atoms with E-state index in [1.54, 1.807) is 11.1 Å². The van der Waals surface area contributed by atoms with Crippen molar-refractivity contribution < 1.29 is 4.79 Å². The Labute approximate surface area is 89.8 Å². The first-order valence-corrected chi connectivity index (χ1v) is 5.24. The van der Waals surface area contributed by atoms with Crippen LogP contribution in [0.15, 0.2) is 6.20 Å². The molecule has 1 aromatic rings. The van der Waals surface area contributed by atoms with E-state index in [0.717, 1.165) is 16.4 Å². The molecule has 1 aliphatic carbocycles. The van der Waals surface area contributed by atoms with Crippen LogP contribution in [0.3, 0.4) is 0 Å². The van der Waals surface area contributed by atoms with Gasteiger partial charge < -0.3 is 4.90 Å². The Morgan fingerprint density at radius 1 is 1.77 bits per heavy atom. The highest BCUT2D eigenvalue weighted by molar-refractivity contribution is 14.1. The summed E-state index contributed by atoms with van der Waals surface area (Å²) in [5, 5.41) is 6.54. The Morgan fingerprint density at radius 2 is 2.46 bits per heavy atom. The molecule has 70 valence electrons. The zero-order valence-corrected chi connectivity index (χ0v) is 9.41. The van der Waals surface area contributed by atoms with Crippen molar-refractivity contribution in [2.24, 2.45) is 0 Å². The van der Waals surface area contributed by atoms with Crippen molar-refractivity contribution >= 4 is 28.5 Å². The van der Waals surface area contributed by atoms with E-state index in [1.807, 2.05) is 7.05 Å². The predicted molar refractivity (Wildman–Crippen MR) is 56.4 cm³/mol. The van der Waals surface area contributed by atoms with Crippen LogP contribution in [-0.2, 0) is 0 Å². The van der Waals surface area contributed by atoms with Gasteiger partial charge in [0.25, 0.3) is 5.91 Å². The third kappa shape index (κ3) is 1.70. The van der Waals surface area contributed by atoms with Gasteiger partial charge in [0, 0.05) is 13.1 Å². The van der Waals surface area contributed by atoms with Crippen LogP contribution in [0.2, 0.25) is 0 Å². The SMILES string of the molecule is CN(C(=O)c1[nH]ncc1I)C1CC1. The molecule has 0 saturated heterocycles. The molecule has 1 saturated carbocycles. The molecule has 0 radical (unpaired) electrons. The lowest BCUT2D eigenvalue weighted by Gasteiger charge is -2.14. The van der Waals surface area contributed by atoms with E-state index in [1.165, 1.54) is 0 Å². The second-order valence-electron chi connectivity index (χ2n) is 3.24. The minimum atomic E-state index is 0.0457. The smallest absolute Gasteiger partial charge is 0.272 e. The van der Waals surface area contributed by atoms with Crippen LogP contribution in [0.4, 0.5) is 0 Å².